The molecular weight excluding hydrogens is 258 g/mol. The number of nitrogens with zero attached hydrogens (tertiary/aromatic N) is 2. The van der Waals surface area contributed by atoms with Gasteiger partial charge in [-0.3, -0.25) is 0 Å². The first-order valence-electron chi connectivity index (χ1n) is 8.25. The molecule has 1 saturated carbocycles. The lowest BCUT2D eigenvalue weighted by Gasteiger charge is -2.24. The van der Waals surface area contributed by atoms with E-state index in [2.05, 4.69) is 41.2 Å². The van der Waals surface area contributed by atoms with Crippen LogP contribution in [-0.4, -0.2) is 16.3 Å². The molecule has 21 heavy (non-hydrogen) atoms. The number of hydrogen-bond acceptors (Lipinski definition) is 2. The Hall–Kier alpha value is -1.77. The zero-order chi connectivity index (χ0) is 14.2. The summed E-state index contributed by atoms with van der Waals surface area (Å²) >= 11 is 0. The third-order valence-electron chi connectivity index (χ3n) is 4.90. The number of rotatable bonds is 2. The fourth-order valence-corrected chi connectivity index (χ4v) is 3.49. The van der Waals surface area contributed by atoms with Crippen molar-refractivity contribution in [3.05, 3.63) is 41.1 Å². The van der Waals surface area contributed by atoms with E-state index in [9.17, 15) is 0 Å². The molecule has 1 aromatic heterocycles. The van der Waals surface area contributed by atoms with Crippen molar-refractivity contribution in [2.45, 2.75) is 51.4 Å². The highest BCUT2D eigenvalue weighted by Crippen LogP contribution is 2.41. The molecule has 2 aromatic rings. The van der Waals surface area contributed by atoms with Crippen LogP contribution in [0, 0.1) is 6.92 Å². The quantitative estimate of drug-likeness (QED) is 0.894. The van der Waals surface area contributed by atoms with E-state index in [-0.39, 0.29) is 0 Å². The summed E-state index contributed by atoms with van der Waals surface area (Å²) in [6, 6.07) is 8.66. The maximum Gasteiger partial charge on any atom is 0.133 e. The van der Waals surface area contributed by atoms with Crippen molar-refractivity contribution in [3.8, 4) is 5.69 Å². The summed E-state index contributed by atoms with van der Waals surface area (Å²) in [5, 5.41) is 8.66. The normalized spacial score (nSPS) is 18.5. The third kappa shape index (κ3) is 2.25. The van der Waals surface area contributed by atoms with Gasteiger partial charge in [0, 0.05) is 18.0 Å². The summed E-state index contributed by atoms with van der Waals surface area (Å²) in [6.45, 7) is 3.21. The monoisotopic (exact) mass is 281 g/mol. The van der Waals surface area contributed by atoms with Crippen LogP contribution in [0.4, 0.5) is 5.82 Å². The van der Waals surface area contributed by atoms with Gasteiger partial charge in [0.15, 0.2) is 0 Å². The van der Waals surface area contributed by atoms with Crippen LogP contribution in [-0.2, 0) is 6.42 Å². The van der Waals surface area contributed by atoms with Gasteiger partial charge in [0.2, 0.25) is 0 Å². The van der Waals surface area contributed by atoms with Crippen LogP contribution in [0.5, 0.6) is 0 Å². The highest BCUT2D eigenvalue weighted by molar-refractivity contribution is 5.55. The lowest BCUT2D eigenvalue weighted by Crippen LogP contribution is -2.11. The molecule has 1 fully saturated rings. The number of fused-ring (bicyclic) bond motifs is 1. The molecule has 0 amide bonds. The molecule has 0 radical (unpaired) electrons. The van der Waals surface area contributed by atoms with Crippen molar-refractivity contribution in [1.29, 1.82) is 0 Å². The Kier molecular flexibility index (Phi) is 3.21. The van der Waals surface area contributed by atoms with E-state index in [1.165, 1.54) is 66.9 Å². The van der Waals surface area contributed by atoms with E-state index < -0.39 is 0 Å². The van der Waals surface area contributed by atoms with Crippen LogP contribution >= 0.6 is 0 Å². The average molecular weight is 281 g/mol. The number of nitrogens with one attached hydrogen (secondary N) is 1. The minimum atomic E-state index is 0.699. The first kappa shape index (κ1) is 12.9. The van der Waals surface area contributed by atoms with E-state index in [0.29, 0.717) is 5.92 Å². The molecule has 2 aliphatic rings. The van der Waals surface area contributed by atoms with Crippen LogP contribution in [0.2, 0.25) is 0 Å². The van der Waals surface area contributed by atoms with E-state index in [1.807, 2.05) is 0 Å². The Morgan fingerprint density at radius 1 is 1.19 bits per heavy atom. The van der Waals surface area contributed by atoms with Crippen molar-refractivity contribution in [2.24, 2.45) is 0 Å². The van der Waals surface area contributed by atoms with Gasteiger partial charge in [-0.1, -0.05) is 18.6 Å². The van der Waals surface area contributed by atoms with Crippen LogP contribution in [0.1, 0.15) is 54.8 Å². The molecule has 0 spiro atoms. The average Bonchev–Trinajstić information content (AvgIpc) is 2.62. The van der Waals surface area contributed by atoms with Gasteiger partial charge >= 0.3 is 0 Å². The van der Waals surface area contributed by atoms with Gasteiger partial charge in [-0.2, -0.15) is 5.10 Å². The molecule has 110 valence electrons. The molecule has 3 heteroatoms. The second kappa shape index (κ2) is 5.21. The maximum atomic E-state index is 5.02. The Bertz CT molecular complexity index is 652. The summed E-state index contributed by atoms with van der Waals surface area (Å²) in [6.07, 6.45) is 7.71. The fourth-order valence-electron chi connectivity index (χ4n) is 3.49. The summed E-state index contributed by atoms with van der Waals surface area (Å²) in [5.74, 6) is 1.95. The Morgan fingerprint density at radius 3 is 2.86 bits per heavy atom. The van der Waals surface area contributed by atoms with Crippen molar-refractivity contribution in [3.63, 3.8) is 0 Å². The molecule has 1 aliphatic heterocycles. The van der Waals surface area contributed by atoms with Gasteiger partial charge in [-0.15, -0.1) is 0 Å². The molecule has 4 rings (SSSR count). The van der Waals surface area contributed by atoms with Crippen LogP contribution < -0.4 is 5.32 Å². The number of aromatic nitrogens is 2. The topological polar surface area (TPSA) is 29.9 Å². The predicted molar refractivity (Wildman–Crippen MR) is 86.3 cm³/mol. The molecule has 2 heterocycles. The largest absolute Gasteiger partial charge is 0.370 e. The predicted octanol–water partition coefficient (Wildman–Crippen LogP) is 4.20. The van der Waals surface area contributed by atoms with Crippen molar-refractivity contribution >= 4 is 5.82 Å². The van der Waals surface area contributed by atoms with Gasteiger partial charge in [0.25, 0.3) is 0 Å². The minimum absolute atomic E-state index is 0.699. The van der Waals surface area contributed by atoms with Gasteiger partial charge in [-0.25, -0.2) is 4.68 Å². The van der Waals surface area contributed by atoms with E-state index >= 15 is 0 Å². The Labute approximate surface area is 126 Å². The molecule has 1 aromatic carbocycles. The van der Waals surface area contributed by atoms with Crippen LogP contribution in [0.25, 0.3) is 5.69 Å². The zero-order valence-corrected chi connectivity index (χ0v) is 12.7. The van der Waals surface area contributed by atoms with Gasteiger partial charge in [0.05, 0.1) is 11.4 Å². The second-order valence-electron chi connectivity index (χ2n) is 6.47. The highest BCUT2D eigenvalue weighted by Gasteiger charge is 2.29. The zero-order valence-electron chi connectivity index (χ0n) is 12.7. The highest BCUT2D eigenvalue weighted by atomic mass is 15.3. The first-order chi connectivity index (χ1) is 10.3. The fraction of sp³-hybridized carbons (Fsp3) is 0.500. The summed E-state index contributed by atoms with van der Waals surface area (Å²) in [4.78, 5) is 0. The van der Waals surface area contributed by atoms with Crippen molar-refractivity contribution < 1.29 is 0 Å². The smallest absolute Gasteiger partial charge is 0.133 e. The summed E-state index contributed by atoms with van der Waals surface area (Å²) in [7, 11) is 0. The second-order valence-corrected chi connectivity index (χ2v) is 6.47. The molecule has 1 aliphatic carbocycles. The maximum absolute atomic E-state index is 5.02. The van der Waals surface area contributed by atoms with E-state index in [0.717, 1.165) is 6.54 Å². The van der Waals surface area contributed by atoms with Crippen molar-refractivity contribution in [2.75, 3.05) is 11.9 Å². The molecule has 1 N–H and O–H groups in total. The van der Waals surface area contributed by atoms with Crippen LogP contribution in [0.15, 0.2) is 24.3 Å². The number of aryl methyl sites for hydroxylation is 1. The SMILES string of the molecule is Cc1cccc(-n2nc(C3CCC3)c3c2NCCCC3)c1. The lowest BCUT2D eigenvalue weighted by molar-refractivity contribution is 0.406. The lowest BCUT2D eigenvalue weighted by atomic mass is 9.81. The van der Waals surface area contributed by atoms with E-state index in [4.69, 9.17) is 5.10 Å². The van der Waals surface area contributed by atoms with Gasteiger partial charge in [-0.05, 0) is 56.7 Å². The van der Waals surface area contributed by atoms with E-state index in [1.54, 1.807) is 0 Å². The Morgan fingerprint density at radius 2 is 2.10 bits per heavy atom. The standard InChI is InChI=1S/C18H23N3/c1-13-6-4-9-15(12-13)21-18-16(10-2-3-11-19-18)17(20-21)14-7-5-8-14/h4,6,9,12,14,19H,2-3,5,7-8,10-11H2,1H3. The number of benzene rings is 1. The number of hydrogen-bond donors (Lipinski definition) is 1. The Balaban J connectivity index is 1.84. The third-order valence-corrected chi connectivity index (χ3v) is 4.90. The molecule has 0 saturated heterocycles. The van der Waals surface area contributed by atoms with Crippen molar-refractivity contribution in [1.82, 2.24) is 9.78 Å². The summed E-state index contributed by atoms with van der Waals surface area (Å²) in [5.41, 5.74) is 5.33. The van der Waals surface area contributed by atoms with Crippen LogP contribution in [0.3, 0.4) is 0 Å². The molecule has 3 nitrogen and oxygen atoms in total. The molecule has 0 unspecified atom stereocenters. The molecule has 0 atom stereocenters. The first-order valence-corrected chi connectivity index (χ1v) is 8.25. The minimum Gasteiger partial charge on any atom is -0.370 e. The van der Waals surface area contributed by atoms with Gasteiger partial charge in [0.1, 0.15) is 5.82 Å². The molecular formula is C18H23N3. The molecule has 0 bridgehead atoms. The van der Waals surface area contributed by atoms with Gasteiger partial charge < -0.3 is 5.32 Å². The summed E-state index contributed by atoms with van der Waals surface area (Å²) < 4.78 is 2.15. The number of anilines is 1.